The molecule has 1 saturated carbocycles. The lowest BCUT2D eigenvalue weighted by atomic mass is 10.0. The fraction of sp³-hybridized carbons (Fsp3) is 0.562. The highest BCUT2D eigenvalue weighted by atomic mass is 16.5. The summed E-state index contributed by atoms with van der Waals surface area (Å²) in [4.78, 5) is 11.8. The van der Waals surface area contributed by atoms with Gasteiger partial charge in [-0.15, -0.1) is 0 Å². The average molecular weight is 276 g/mol. The van der Waals surface area contributed by atoms with Gasteiger partial charge in [-0.2, -0.15) is 0 Å². The van der Waals surface area contributed by atoms with Crippen LogP contribution in [-0.4, -0.2) is 25.7 Å². The second kappa shape index (κ2) is 6.75. The summed E-state index contributed by atoms with van der Waals surface area (Å²) in [6.07, 6.45) is 2.04. The van der Waals surface area contributed by atoms with Crippen LogP contribution in [0.1, 0.15) is 26.7 Å². The molecule has 1 atom stereocenters. The largest absolute Gasteiger partial charge is 0.383 e. The number of benzene rings is 1. The predicted octanol–water partition coefficient (Wildman–Crippen LogP) is 3.12. The van der Waals surface area contributed by atoms with Gasteiger partial charge in [0.1, 0.15) is 0 Å². The molecule has 0 aromatic heterocycles. The first-order valence-corrected chi connectivity index (χ1v) is 7.26. The second-order valence-electron chi connectivity index (χ2n) is 5.79. The maximum absolute atomic E-state index is 11.8. The van der Waals surface area contributed by atoms with Crippen LogP contribution < -0.4 is 10.6 Å². The summed E-state index contributed by atoms with van der Waals surface area (Å²) in [5.74, 6) is 0.836. The zero-order valence-corrected chi connectivity index (χ0v) is 12.5. The number of methoxy groups -OCH3 is 1. The molecule has 1 aromatic carbocycles. The third-order valence-corrected chi connectivity index (χ3v) is 3.58. The Bertz CT molecular complexity index is 456. The van der Waals surface area contributed by atoms with E-state index >= 15 is 0 Å². The molecule has 1 aliphatic carbocycles. The number of amides is 1. The number of nitrogens with one attached hydrogen (secondary N) is 2. The highest BCUT2D eigenvalue weighted by Gasteiger charge is 2.29. The maximum atomic E-state index is 11.8. The van der Waals surface area contributed by atoms with E-state index in [9.17, 15) is 4.79 Å². The van der Waals surface area contributed by atoms with E-state index in [0.29, 0.717) is 12.5 Å². The normalized spacial score (nSPS) is 16.0. The van der Waals surface area contributed by atoms with Crippen LogP contribution >= 0.6 is 0 Å². The first-order chi connectivity index (χ1) is 9.60. The Kier molecular flexibility index (Phi) is 5.01. The quantitative estimate of drug-likeness (QED) is 0.804. The number of carbonyl (C=O) groups is 1. The van der Waals surface area contributed by atoms with Crippen LogP contribution in [0.4, 0.5) is 11.4 Å². The zero-order valence-electron chi connectivity index (χ0n) is 12.5. The van der Waals surface area contributed by atoms with Crippen LogP contribution in [0.2, 0.25) is 0 Å². The molecule has 1 amide bonds. The summed E-state index contributed by atoms with van der Waals surface area (Å²) in [6, 6.07) is 8.12. The van der Waals surface area contributed by atoms with Gasteiger partial charge in [-0.3, -0.25) is 4.79 Å². The van der Waals surface area contributed by atoms with Gasteiger partial charge in [0, 0.05) is 24.4 Å². The van der Waals surface area contributed by atoms with Crippen molar-refractivity contribution in [1.29, 1.82) is 0 Å². The fourth-order valence-corrected chi connectivity index (χ4v) is 2.07. The molecular weight excluding hydrogens is 252 g/mol. The SMILES string of the molecule is COCC(Nc1cccc(NC(=O)C2CC2)c1)C(C)C. The molecule has 0 saturated heterocycles. The van der Waals surface area contributed by atoms with Gasteiger partial charge in [0.15, 0.2) is 0 Å². The number of hydrogen-bond acceptors (Lipinski definition) is 3. The molecule has 1 aliphatic rings. The minimum absolute atomic E-state index is 0.138. The Labute approximate surface area is 120 Å². The third-order valence-electron chi connectivity index (χ3n) is 3.58. The second-order valence-corrected chi connectivity index (χ2v) is 5.79. The molecule has 4 heteroatoms. The molecule has 1 fully saturated rings. The summed E-state index contributed by atoms with van der Waals surface area (Å²) in [5.41, 5.74) is 1.86. The van der Waals surface area contributed by atoms with Crippen molar-refractivity contribution in [3.8, 4) is 0 Å². The maximum Gasteiger partial charge on any atom is 0.227 e. The summed E-state index contributed by atoms with van der Waals surface area (Å²) in [6.45, 7) is 4.99. The van der Waals surface area contributed by atoms with Crippen LogP contribution in [0, 0.1) is 11.8 Å². The van der Waals surface area contributed by atoms with Crippen molar-refractivity contribution >= 4 is 17.3 Å². The van der Waals surface area contributed by atoms with Gasteiger partial charge in [0.05, 0.1) is 12.6 Å². The summed E-state index contributed by atoms with van der Waals surface area (Å²) in [7, 11) is 1.71. The Morgan fingerprint density at radius 1 is 1.35 bits per heavy atom. The third kappa shape index (κ3) is 4.23. The molecule has 2 rings (SSSR count). The van der Waals surface area contributed by atoms with E-state index in [1.807, 2.05) is 24.3 Å². The Hall–Kier alpha value is -1.55. The highest BCUT2D eigenvalue weighted by Crippen LogP contribution is 2.30. The van der Waals surface area contributed by atoms with Crippen molar-refractivity contribution in [2.24, 2.45) is 11.8 Å². The van der Waals surface area contributed by atoms with Crippen molar-refractivity contribution in [3.05, 3.63) is 24.3 Å². The minimum atomic E-state index is 0.138. The van der Waals surface area contributed by atoms with Gasteiger partial charge in [-0.25, -0.2) is 0 Å². The van der Waals surface area contributed by atoms with Crippen LogP contribution in [0.3, 0.4) is 0 Å². The standard InChI is InChI=1S/C16H24N2O2/c1-11(2)15(10-20-3)17-13-5-4-6-14(9-13)18-16(19)12-7-8-12/h4-6,9,11-12,15,17H,7-8,10H2,1-3H3,(H,18,19). The molecular formula is C16H24N2O2. The first-order valence-electron chi connectivity index (χ1n) is 7.26. The van der Waals surface area contributed by atoms with E-state index in [2.05, 4.69) is 24.5 Å². The molecule has 20 heavy (non-hydrogen) atoms. The lowest BCUT2D eigenvalue weighted by Crippen LogP contribution is -2.30. The van der Waals surface area contributed by atoms with Crippen LogP contribution in [-0.2, 0) is 9.53 Å². The first kappa shape index (κ1) is 14.9. The topological polar surface area (TPSA) is 50.4 Å². The van der Waals surface area contributed by atoms with E-state index < -0.39 is 0 Å². The molecule has 1 aromatic rings. The zero-order chi connectivity index (χ0) is 14.5. The molecule has 1 unspecified atom stereocenters. The average Bonchev–Trinajstić information content (AvgIpc) is 3.22. The molecule has 0 bridgehead atoms. The Morgan fingerprint density at radius 3 is 2.65 bits per heavy atom. The molecule has 0 aliphatic heterocycles. The number of carbonyl (C=O) groups excluding carboxylic acids is 1. The monoisotopic (exact) mass is 276 g/mol. The van der Waals surface area contributed by atoms with Crippen molar-refractivity contribution in [2.75, 3.05) is 24.4 Å². The Balaban J connectivity index is 1.98. The van der Waals surface area contributed by atoms with Gasteiger partial charge >= 0.3 is 0 Å². The van der Waals surface area contributed by atoms with Gasteiger partial charge in [0.2, 0.25) is 5.91 Å². The summed E-state index contributed by atoms with van der Waals surface area (Å²) >= 11 is 0. The van der Waals surface area contributed by atoms with Gasteiger partial charge in [-0.1, -0.05) is 19.9 Å². The van der Waals surface area contributed by atoms with Crippen molar-refractivity contribution in [2.45, 2.75) is 32.7 Å². The van der Waals surface area contributed by atoms with Crippen molar-refractivity contribution in [1.82, 2.24) is 0 Å². The summed E-state index contributed by atoms with van der Waals surface area (Å²) in [5, 5.41) is 6.43. The molecule has 0 radical (unpaired) electrons. The van der Waals surface area contributed by atoms with E-state index in [4.69, 9.17) is 4.74 Å². The number of ether oxygens (including phenoxy) is 1. The van der Waals surface area contributed by atoms with E-state index in [1.54, 1.807) is 7.11 Å². The molecule has 2 N–H and O–H groups in total. The smallest absolute Gasteiger partial charge is 0.227 e. The molecule has 110 valence electrons. The predicted molar refractivity (Wildman–Crippen MR) is 81.9 cm³/mol. The van der Waals surface area contributed by atoms with E-state index in [1.165, 1.54) is 0 Å². The minimum Gasteiger partial charge on any atom is -0.383 e. The van der Waals surface area contributed by atoms with Crippen LogP contribution in [0.15, 0.2) is 24.3 Å². The van der Waals surface area contributed by atoms with Crippen LogP contribution in [0.5, 0.6) is 0 Å². The van der Waals surface area contributed by atoms with Gasteiger partial charge < -0.3 is 15.4 Å². The number of rotatable bonds is 7. The highest BCUT2D eigenvalue weighted by molar-refractivity contribution is 5.94. The van der Waals surface area contributed by atoms with E-state index in [0.717, 1.165) is 24.2 Å². The molecule has 0 spiro atoms. The lowest BCUT2D eigenvalue weighted by Gasteiger charge is -2.23. The molecule has 0 heterocycles. The van der Waals surface area contributed by atoms with Crippen molar-refractivity contribution < 1.29 is 9.53 Å². The van der Waals surface area contributed by atoms with E-state index in [-0.39, 0.29) is 17.9 Å². The van der Waals surface area contributed by atoms with Crippen LogP contribution in [0.25, 0.3) is 0 Å². The van der Waals surface area contributed by atoms with Gasteiger partial charge in [-0.05, 0) is 37.0 Å². The fourth-order valence-electron chi connectivity index (χ4n) is 2.07. The molecule has 4 nitrogen and oxygen atoms in total. The lowest BCUT2D eigenvalue weighted by molar-refractivity contribution is -0.117. The summed E-state index contributed by atoms with van der Waals surface area (Å²) < 4.78 is 5.24. The Morgan fingerprint density at radius 2 is 2.05 bits per heavy atom. The van der Waals surface area contributed by atoms with Crippen molar-refractivity contribution in [3.63, 3.8) is 0 Å². The number of anilines is 2. The van der Waals surface area contributed by atoms with Gasteiger partial charge in [0.25, 0.3) is 0 Å². The number of hydrogen-bond donors (Lipinski definition) is 2.